The van der Waals surface area contributed by atoms with Crippen LogP contribution in [0.5, 0.6) is 0 Å². The SMILES string of the molecule is [2H]c1c([2H])c(-n2c3ccccc3c3ccc4c(c5ccccc5n4-c4cccc5ccccc45)c32)c(C#N)c([2H])c1-c1nc(-c2ccccc2)nc(-c2cccc(-c3ccccc3)c2)n1. The van der Waals surface area contributed by atoms with Crippen LogP contribution in [0, 0.1) is 11.3 Å². The molecule has 0 N–H and O–H groups in total. The number of benzene rings is 9. The van der Waals surface area contributed by atoms with Crippen molar-refractivity contribution in [1.82, 2.24) is 24.1 Å². The third kappa shape index (κ3) is 5.61. The molecule has 0 saturated heterocycles. The van der Waals surface area contributed by atoms with Gasteiger partial charge in [-0.2, -0.15) is 5.26 Å². The van der Waals surface area contributed by atoms with E-state index in [0.717, 1.165) is 76.8 Å². The lowest BCUT2D eigenvalue weighted by Crippen LogP contribution is -2.02. The molecular weight excluding hydrogens is 757 g/mol. The average molecular weight is 794 g/mol. The lowest BCUT2D eigenvalue weighted by Gasteiger charge is -2.14. The van der Waals surface area contributed by atoms with Gasteiger partial charge in [-0.15, -0.1) is 0 Å². The van der Waals surface area contributed by atoms with Crippen molar-refractivity contribution in [3.63, 3.8) is 0 Å². The van der Waals surface area contributed by atoms with Crippen molar-refractivity contribution in [1.29, 1.82) is 5.26 Å². The highest BCUT2D eigenvalue weighted by molar-refractivity contribution is 6.26. The first kappa shape index (κ1) is 32.2. The summed E-state index contributed by atoms with van der Waals surface area (Å²) in [6.07, 6.45) is 0. The minimum atomic E-state index is -0.269. The van der Waals surface area contributed by atoms with Crippen molar-refractivity contribution in [2.45, 2.75) is 0 Å². The van der Waals surface area contributed by atoms with Crippen LogP contribution in [-0.4, -0.2) is 24.1 Å². The predicted octanol–water partition coefficient (Wildman–Crippen LogP) is 13.8. The number of nitriles is 1. The molecule has 0 unspecified atom stereocenters. The first-order valence-electron chi connectivity index (χ1n) is 21.9. The number of para-hydroxylation sites is 2. The third-order valence-corrected chi connectivity index (χ3v) is 11.7. The fourth-order valence-corrected chi connectivity index (χ4v) is 8.97. The monoisotopic (exact) mass is 793 g/mol. The molecule has 12 aromatic rings. The van der Waals surface area contributed by atoms with Crippen molar-refractivity contribution < 1.29 is 4.11 Å². The second-order valence-corrected chi connectivity index (χ2v) is 15.3. The first-order valence-corrected chi connectivity index (χ1v) is 20.4. The highest BCUT2D eigenvalue weighted by atomic mass is 15.0. The van der Waals surface area contributed by atoms with E-state index < -0.39 is 0 Å². The Morgan fingerprint density at radius 1 is 0.419 bits per heavy atom. The van der Waals surface area contributed by atoms with Gasteiger partial charge in [-0.1, -0.05) is 158 Å². The second kappa shape index (κ2) is 14.3. The van der Waals surface area contributed by atoms with E-state index in [1.54, 1.807) is 0 Å². The average Bonchev–Trinajstić information content (AvgIpc) is 3.88. The van der Waals surface area contributed by atoms with Crippen LogP contribution in [-0.2, 0) is 0 Å². The highest BCUT2D eigenvalue weighted by Crippen LogP contribution is 2.43. The maximum Gasteiger partial charge on any atom is 0.164 e. The Bertz CT molecular complexity index is 3940. The van der Waals surface area contributed by atoms with Gasteiger partial charge in [0.25, 0.3) is 0 Å². The maximum absolute atomic E-state index is 11.2. The van der Waals surface area contributed by atoms with Crippen LogP contribution in [0.3, 0.4) is 0 Å². The molecule has 0 amide bonds. The van der Waals surface area contributed by atoms with Gasteiger partial charge in [-0.05, 0) is 65.0 Å². The summed E-state index contributed by atoms with van der Waals surface area (Å²) < 4.78 is 33.7. The standard InChI is InChI=1S/C56H34N6/c57-35-42-34-41(56-59-54(38-18-5-2-6-19-38)58-55(60-56)40-22-13-21-39(33-40)36-15-3-1-4-16-36)29-31-47(42)62-49-26-11-9-24-44(49)45-30-32-51-52(53(45)62)46-25-10-12-27-50(46)61(51)48-28-14-20-37-17-7-8-23-43(37)48/h1-34H/i29D,31D,34D. The van der Waals surface area contributed by atoms with Crippen molar-refractivity contribution in [3.05, 3.63) is 212 Å². The summed E-state index contributed by atoms with van der Waals surface area (Å²) >= 11 is 0. The Hall–Kier alpha value is -8.66. The topological polar surface area (TPSA) is 72.3 Å². The molecular formula is C56H34N6. The molecule has 3 heterocycles. The summed E-state index contributed by atoms with van der Waals surface area (Å²) in [5.74, 6) is 0.719. The van der Waals surface area contributed by atoms with Crippen molar-refractivity contribution in [2.75, 3.05) is 0 Å². The molecule has 0 aliphatic rings. The normalized spacial score (nSPS) is 12.2. The third-order valence-electron chi connectivity index (χ3n) is 11.7. The predicted molar refractivity (Wildman–Crippen MR) is 252 cm³/mol. The van der Waals surface area contributed by atoms with Gasteiger partial charge >= 0.3 is 0 Å². The van der Waals surface area contributed by atoms with Crippen LogP contribution >= 0.6 is 0 Å². The largest absolute Gasteiger partial charge is 0.309 e. The number of aromatic nitrogens is 5. The van der Waals surface area contributed by atoms with Gasteiger partial charge in [0, 0.05) is 43.6 Å². The van der Waals surface area contributed by atoms with Gasteiger partial charge in [0.2, 0.25) is 0 Å². The quantitative estimate of drug-likeness (QED) is 0.168. The molecule has 3 aromatic heterocycles. The van der Waals surface area contributed by atoms with E-state index in [1.807, 2.05) is 132 Å². The lowest BCUT2D eigenvalue weighted by atomic mass is 10.0. The van der Waals surface area contributed by atoms with E-state index in [9.17, 15) is 9.37 Å². The van der Waals surface area contributed by atoms with Crippen LogP contribution in [0.25, 0.3) is 111 Å². The van der Waals surface area contributed by atoms with Crippen molar-refractivity contribution in [2.24, 2.45) is 0 Å². The Labute approximate surface area is 361 Å². The Morgan fingerprint density at radius 2 is 1.00 bits per heavy atom. The van der Waals surface area contributed by atoms with Crippen molar-refractivity contribution >= 4 is 54.4 Å². The molecule has 0 bridgehead atoms. The summed E-state index contributed by atoms with van der Waals surface area (Å²) in [7, 11) is 0. The fraction of sp³-hybridized carbons (Fsp3) is 0. The lowest BCUT2D eigenvalue weighted by molar-refractivity contribution is 1.07. The smallest absolute Gasteiger partial charge is 0.164 e. The van der Waals surface area contributed by atoms with E-state index in [0.29, 0.717) is 17.2 Å². The molecule has 0 spiro atoms. The number of hydrogen-bond acceptors (Lipinski definition) is 4. The number of nitrogens with zero attached hydrogens (tertiary/aromatic N) is 6. The summed E-state index contributed by atoms with van der Waals surface area (Å²) in [6.45, 7) is 0. The number of hydrogen-bond donors (Lipinski definition) is 0. The van der Waals surface area contributed by atoms with E-state index in [4.69, 9.17) is 15.0 Å². The van der Waals surface area contributed by atoms with Gasteiger partial charge in [0.15, 0.2) is 17.5 Å². The maximum atomic E-state index is 11.2. The summed E-state index contributed by atoms with van der Waals surface area (Å²) in [4.78, 5) is 14.7. The molecule has 288 valence electrons. The van der Waals surface area contributed by atoms with E-state index in [1.165, 1.54) is 0 Å². The van der Waals surface area contributed by atoms with Gasteiger partial charge in [-0.3, -0.25) is 0 Å². The minimum absolute atomic E-state index is 0.0196. The fourth-order valence-electron chi connectivity index (χ4n) is 8.97. The molecule has 0 fully saturated rings. The molecule has 12 rings (SSSR count). The van der Waals surface area contributed by atoms with Crippen molar-refractivity contribution in [3.8, 4) is 62.7 Å². The molecule has 0 atom stereocenters. The molecule has 0 aliphatic heterocycles. The van der Waals surface area contributed by atoms with E-state index >= 15 is 0 Å². The molecule has 6 nitrogen and oxygen atoms in total. The highest BCUT2D eigenvalue weighted by Gasteiger charge is 2.23. The van der Waals surface area contributed by atoms with E-state index in [-0.39, 0.29) is 40.8 Å². The van der Waals surface area contributed by atoms with Crippen LogP contribution in [0.1, 0.15) is 9.68 Å². The molecule has 0 radical (unpaired) electrons. The number of rotatable bonds is 6. The zero-order valence-corrected chi connectivity index (χ0v) is 33.1. The van der Waals surface area contributed by atoms with Crippen LogP contribution < -0.4 is 0 Å². The zero-order valence-electron chi connectivity index (χ0n) is 36.1. The first-order chi connectivity index (χ1) is 32.0. The van der Waals surface area contributed by atoms with Crippen LogP contribution in [0.2, 0.25) is 0 Å². The van der Waals surface area contributed by atoms with Crippen LogP contribution in [0.4, 0.5) is 0 Å². The summed E-state index contributed by atoms with van der Waals surface area (Å²) in [5.41, 5.74) is 8.01. The minimum Gasteiger partial charge on any atom is -0.309 e. The Morgan fingerprint density at radius 3 is 1.77 bits per heavy atom. The Balaban J connectivity index is 1.14. The second-order valence-electron chi connectivity index (χ2n) is 15.3. The molecule has 9 aromatic carbocycles. The van der Waals surface area contributed by atoms with Crippen LogP contribution in [0.15, 0.2) is 206 Å². The summed E-state index contributed by atoms with van der Waals surface area (Å²) in [6, 6.07) is 64.2. The van der Waals surface area contributed by atoms with E-state index in [2.05, 4.69) is 71.3 Å². The van der Waals surface area contributed by atoms with Gasteiger partial charge < -0.3 is 9.13 Å². The van der Waals surface area contributed by atoms with Gasteiger partial charge in [0.05, 0.1) is 43.1 Å². The van der Waals surface area contributed by atoms with Gasteiger partial charge in [-0.25, -0.2) is 15.0 Å². The summed E-state index contributed by atoms with van der Waals surface area (Å²) in [5, 5.41) is 17.2. The molecule has 62 heavy (non-hydrogen) atoms. The van der Waals surface area contributed by atoms with Gasteiger partial charge in [0.1, 0.15) is 6.07 Å². The molecule has 0 aliphatic carbocycles. The Kier molecular flexibility index (Phi) is 7.41. The zero-order chi connectivity index (χ0) is 43.8. The molecule has 0 saturated carbocycles. The molecule has 6 heteroatoms. The number of fused-ring (bicyclic) bond motifs is 8.